The van der Waals surface area contributed by atoms with Crippen molar-refractivity contribution in [3.63, 3.8) is 0 Å². The van der Waals surface area contributed by atoms with Crippen LogP contribution in [-0.4, -0.2) is 34.4 Å². The Labute approximate surface area is 81.4 Å². The molecule has 80 valence electrons. The second-order valence-corrected chi connectivity index (χ2v) is 6.73. The van der Waals surface area contributed by atoms with Crippen LogP contribution in [0.4, 0.5) is 0 Å². The summed E-state index contributed by atoms with van der Waals surface area (Å²) in [7, 11) is 0.0757. The summed E-state index contributed by atoms with van der Waals surface area (Å²) >= 11 is 0. The molecule has 0 aromatic rings. The van der Waals surface area contributed by atoms with Crippen molar-refractivity contribution in [1.82, 2.24) is 0 Å². The molecule has 0 aliphatic heterocycles. The van der Waals surface area contributed by atoms with E-state index in [1.54, 1.807) is 0 Å². The number of rotatable bonds is 6. The molecule has 0 aromatic carbocycles. The Morgan fingerprint density at radius 1 is 1.31 bits per heavy atom. The second-order valence-electron chi connectivity index (χ2n) is 3.99. The van der Waals surface area contributed by atoms with Gasteiger partial charge in [0.2, 0.25) is 0 Å². The zero-order valence-electron chi connectivity index (χ0n) is 8.96. The molecule has 0 bridgehead atoms. The summed E-state index contributed by atoms with van der Waals surface area (Å²) in [6.45, 7) is 4.73. The van der Waals surface area contributed by atoms with E-state index in [4.69, 9.17) is 14.6 Å². The summed E-state index contributed by atoms with van der Waals surface area (Å²) in [6.07, 6.45) is 0.813. The van der Waals surface area contributed by atoms with Crippen LogP contribution in [0.1, 0.15) is 20.3 Å². The van der Waals surface area contributed by atoms with Gasteiger partial charge in [0.05, 0.1) is 0 Å². The average Bonchev–Trinajstić information content (AvgIpc) is 2.14. The Kier molecular flexibility index (Phi) is 5.09. The standard InChI is InChI=1S/C8H21NO3Si/c1-8(2,7-9)5-6-13(10,11-3)12-4/h10H,5-7,9H2,1-4H3. The zero-order chi connectivity index (χ0) is 10.5. The summed E-state index contributed by atoms with van der Waals surface area (Å²) in [5.74, 6) is 0. The van der Waals surface area contributed by atoms with Crippen LogP contribution in [0.2, 0.25) is 6.04 Å². The van der Waals surface area contributed by atoms with Crippen molar-refractivity contribution < 1.29 is 13.6 Å². The van der Waals surface area contributed by atoms with E-state index in [-0.39, 0.29) is 5.41 Å². The predicted octanol–water partition coefficient (Wildman–Crippen LogP) is 0.585. The van der Waals surface area contributed by atoms with E-state index in [2.05, 4.69) is 13.8 Å². The summed E-state index contributed by atoms with van der Waals surface area (Å²) < 4.78 is 9.92. The van der Waals surface area contributed by atoms with Crippen LogP contribution in [0.15, 0.2) is 0 Å². The third-order valence-electron chi connectivity index (χ3n) is 2.31. The Morgan fingerprint density at radius 2 is 1.77 bits per heavy atom. The molecule has 3 N–H and O–H groups in total. The van der Waals surface area contributed by atoms with Gasteiger partial charge in [-0.3, -0.25) is 0 Å². The fourth-order valence-electron chi connectivity index (χ4n) is 0.886. The van der Waals surface area contributed by atoms with Crippen molar-refractivity contribution in [3.8, 4) is 0 Å². The minimum absolute atomic E-state index is 0.0397. The highest BCUT2D eigenvalue weighted by atomic mass is 28.4. The van der Waals surface area contributed by atoms with Gasteiger partial charge in [-0.25, -0.2) is 0 Å². The number of hydrogen-bond acceptors (Lipinski definition) is 4. The van der Waals surface area contributed by atoms with E-state index in [0.717, 1.165) is 6.42 Å². The van der Waals surface area contributed by atoms with Crippen molar-refractivity contribution in [2.45, 2.75) is 26.3 Å². The molecule has 0 unspecified atom stereocenters. The molecule has 0 radical (unpaired) electrons. The van der Waals surface area contributed by atoms with Crippen LogP contribution in [0, 0.1) is 5.41 Å². The number of nitrogens with two attached hydrogens (primary N) is 1. The molecule has 0 spiro atoms. The molecule has 0 amide bonds. The quantitative estimate of drug-likeness (QED) is 0.626. The first kappa shape index (κ1) is 13.1. The molecule has 13 heavy (non-hydrogen) atoms. The maximum Gasteiger partial charge on any atom is 0.497 e. The molecule has 4 nitrogen and oxygen atoms in total. The normalized spacial score (nSPS) is 13.4. The maximum absolute atomic E-state index is 9.74. The van der Waals surface area contributed by atoms with Gasteiger partial charge in [0.15, 0.2) is 0 Å². The molecule has 0 aromatic heterocycles. The van der Waals surface area contributed by atoms with E-state index in [1.807, 2.05) is 0 Å². The highest BCUT2D eigenvalue weighted by Crippen LogP contribution is 2.24. The Hall–Kier alpha value is 0.0569. The summed E-state index contributed by atoms with van der Waals surface area (Å²) in [6, 6.07) is 0.560. The first-order valence-electron chi connectivity index (χ1n) is 4.42. The molecule has 0 saturated heterocycles. The lowest BCUT2D eigenvalue weighted by atomic mass is 9.91. The topological polar surface area (TPSA) is 64.7 Å². The van der Waals surface area contributed by atoms with E-state index < -0.39 is 8.80 Å². The van der Waals surface area contributed by atoms with Gasteiger partial charge in [0, 0.05) is 20.3 Å². The first-order valence-corrected chi connectivity index (χ1v) is 6.39. The Bertz CT molecular complexity index is 148. The molecular formula is C8H21NO3Si. The fourth-order valence-corrected chi connectivity index (χ4v) is 2.45. The van der Waals surface area contributed by atoms with Gasteiger partial charge >= 0.3 is 8.80 Å². The lowest BCUT2D eigenvalue weighted by Crippen LogP contribution is -2.41. The van der Waals surface area contributed by atoms with Crippen molar-refractivity contribution in [2.24, 2.45) is 11.1 Å². The molecule has 0 aliphatic carbocycles. The second kappa shape index (κ2) is 5.07. The van der Waals surface area contributed by atoms with Crippen LogP contribution in [0.25, 0.3) is 0 Å². The third kappa shape index (κ3) is 4.73. The van der Waals surface area contributed by atoms with E-state index in [0.29, 0.717) is 12.6 Å². The van der Waals surface area contributed by atoms with Gasteiger partial charge < -0.3 is 19.4 Å². The summed E-state index contributed by atoms with van der Waals surface area (Å²) in [5.41, 5.74) is 5.61. The molecule has 0 saturated carbocycles. The minimum atomic E-state index is -2.88. The molecule has 0 fully saturated rings. The zero-order valence-corrected chi connectivity index (χ0v) is 9.96. The van der Waals surface area contributed by atoms with Gasteiger partial charge in [0.25, 0.3) is 0 Å². The Morgan fingerprint density at radius 3 is 2.08 bits per heavy atom. The van der Waals surface area contributed by atoms with Gasteiger partial charge in [-0.2, -0.15) is 0 Å². The molecule has 0 rings (SSSR count). The minimum Gasteiger partial charge on any atom is -0.390 e. The van der Waals surface area contributed by atoms with Crippen molar-refractivity contribution in [1.29, 1.82) is 0 Å². The highest BCUT2D eigenvalue weighted by molar-refractivity contribution is 6.59. The maximum atomic E-state index is 9.74. The summed E-state index contributed by atoms with van der Waals surface area (Å²) in [5, 5.41) is 0. The van der Waals surface area contributed by atoms with Gasteiger partial charge in [0.1, 0.15) is 0 Å². The fraction of sp³-hybridized carbons (Fsp3) is 1.00. The SMILES string of the molecule is CO[Si](O)(CCC(C)(C)CN)OC. The van der Waals surface area contributed by atoms with Crippen LogP contribution >= 0.6 is 0 Å². The monoisotopic (exact) mass is 207 g/mol. The van der Waals surface area contributed by atoms with E-state index >= 15 is 0 Å². The predicted molar refractivity (Wildman–Crippen MR) is 54.3 cm³/mol. The largest absolute Gasteiger partial charge is 0.497 e. The van der Waals surface area contributed by atoms with Crippen LogP contribution < -0.4 is 5.73 Å². The highest BCUT2D eigenvalue weighted by Gasteiger charge is 2.35. The molecule has 0 aliphatic rings. The number of hydrogen-bond donors (Lipinski definition) is 2. The average molecular weight is 207 g/mol. The smallest absolute Gasteiger partial charge is 0.390 e. The molecular weight excluding hydrogens is 186 g/mol. The van der Waals surface area contributed by atoms with Gasteiger partial charge in [-0.15, -0.1) is 0 Å². The molecule has 5 heteroatoms. The van der Waals surface area contributed by atoms with Crippen molar-refractivity contribution in [2.75, 3.05) is 20.8 Å². The van der Waals surface area contributed by atoms with Crippen LogP contribution in [0.3, 0.4) is 0 Å². The van der Waals surface area contributed by atoms with Crippen molar-refractivity contribution >= 4 is 8.80 Å². The molecule has 0 atom stereocenters. The molecule has 0 heterocycles. The van der Waals surface area contributed by atoms with Crippen LogP contribution in [-0.2, 0) is 8.85 Å². The lowest BCUT2D eigenvalue weighted by Gasteiger charge is -2.26. The van der Waals surface area contributed by atoms with Crippen LogP contribution in [0.5, 0.6) is 0 Å². The van der Waals surface area contributed by atoms with Gasteiger partial charge in [-0.05, 0) is 18.4 Å². The van der Waals surface area contributed by atoms with E-state index in [9.17, 15) is 4.80 Å². The Balaban J connectivity index is 3.99. The summed E-state index contributed by atoms with van der Waals surface area (Å²) in [4.78, 5) is 9.74. The first-order chi connectivity index (χ1) is 5.89. The van der Waals surface area contributed by atoms with Crippen molar-refractivity contribution in [3.05, 3.63) is 0 Å². The van der Waals surface area contributed by atoms with Gasteiger partial charge in [-0.1, -0.05) is 13.8 Å². The third-order valence-corrected chi connectivity index (χ3v) is 4.47. The van der Waals surface area contributed by atoms with E-state index in [1.165, 1.54) is 14.2 Å². The lowest BCUT2D eigenvalue weighted by molar-refractivity contribution is 0.145.